The number of fused-ring (bicyclic) bond motifs is 1. The van der Waals surface area contributed by atoms with Crippen molar-refractivity contribution in [2.45, 2.75) is 32.9 Å². The summed E-state index contributed by atoms with van der Waals surface area (Å²) in [5, 5.41) is 9.77. The van der Waals surface area contributed by atoms with Gasteiger partial charge in [-0.05, 0) is 30.9 Å². The van der Waals surface area contributed by atoms with Crippen LogP contribution in [0.2, 0.25) is 0 Å². The largest absolute Gasteiger partial charge is 0.393 e. The van der Waals surface area contributed by atoms with Crippen molar-refractivity contribution in [3.05, 3.63) is 35.8 Å². The molecule has 3 heterocycles. The summed E-state index contributed by atoms with van der Waals surface area (Å²) in [6.45, 7) is 6.99. The third kappa shape index (κ3) is 2.51. The van der Waals surface area contributed by atoms with Gasteiger partial charge in [0, 0.05) is 32.0 Å². The highest BCUT2D eigenvalue weighted by Gasteiger charge is 2.24. The zero-order valence-corrected chi connectivity index (χ0v) is 11.6. The first-order chi connectivity index (χ1) is 9.13. The third-order valence-electron chi connectivity index (χ3n) is 4.06. The van der Waals surface area contributed by atoms with E-state index in [1.54, 1.807) is 0 Å². The number of aromatic nitrogens is 2. The van der Waals surface area contributed by atoms with Crippen molar-refractivity contribution in [1.82, 2.24) is 14.3 Å². The van der Waals surface area contributed by atoms with Gasteiger partial charge in [0.25, 0.3) is 0 Å². The molecule has 0 saturated carbocycles. The van der Waals surface area contributed by atoms with Crippen LogP contribution in [0.15, 0.2) is 24.5 Å². The number of aryl methyl sites for hydroxylation is 1. The Morgan fingerprint density at radius 3 is 3.05 bits per heavy atom. The minimum atomic E-state index is -0.139. The first-order valence-electron chi connectivity index (χ1n) is 6.97. The van der Waals surface area contributed by atoms with E-state index in [2.05, 4.69) is 35.4 Å². The van der Waals surface area contributed by atoms with Crippen LogP contribution in [0.5, 0.6) is 0 Å². The van der Waals surface area contributed by atoms with Crippen molar-refractivity contribution in [3.8, 4) is 0 Å². The maximum atomic E-state index is 9.77. The van der Waals surface area contributed by atoms with Gasteiger partial charge in [-0.3, -0.25) is 4.90 Å². The highest BCUT2D eigenvalue weighted by Crippen LogP contribution is 2.19. The lowest BCUT2D eigenvalue weighted by Crippen LogP contribution is -2.41. The van der Waals surface area contributed by atoms with Gasteiger partial charge in [-0.15, -0.1) is 0 Å². The SMILES string of the molecule is Cc1cccn2cc(CN3CCC(O)C(C)C3)nc12. The highest BCUT2D eigenvalue weighted by atomic mass is 16.3. The van der Waals surface area contributed by atoms with Crippen molar-refractivity contribution in [1.29, 1.82) is 0 Å². The minimum Gasteiger partial charge on any atom is -0.393 e. The van der Waals surface area contributed by atoms with Gasteiger partial charge in [-0.1, -0.05) is 13.0 Å². The Morgan fingerprint density at radius 2 is 2.32 bits per heavy atom. The normalized spacial score (nSPS) is 25.0. The number of aliphatic hydroxyl groups excluding tert-OH is 1. The molecular formula is C15H21N3O. The molecule has 4 nitrogen and oxygen atoms in total. The maximum Gasteiger partial charge on any atom is 0.139 e. The summed E-state index contributed by atoms with van der Waals surface area (Å²) in [6.07, 6.45) is 4.88. The summed E-state index contributed by atoms with van der Waals surface area (Å²) in [5.74, 6) is 0.354. The summed E-state index contributed by atoms with van der Waals surface area (Å²) in [6, 6.07) is 4.14. The van der Waals surface area contributed by atoms with Crippen molar-refractivity contribution >= 4 is 5.65 Å². The van der Waals surface area contributed by atoms with Gasteiger partial charge >= 0.3 is 0 Å². The molecule has 0 aromatic carbocycles. The predicted molar refractivity (Wildman–Crippen MR) is 75.0 cm³/mol. The standard InChI is InChI=1S/C15H21N3O/c1-11-4-3-6-18-10-13(16-15(11)18)9-17-7-5-14(19)12(2)8-17/h3-4,6,10,12,14,19H,5,7-9H2,1-2H3. The van der Waals surface area contributed by atoms with Gasteiger partial charge in [0.1, 0.15) is 5.65 Å². The van der Waals surface area contributed by atoms with Crippen LogP contribution in [0.1, 0.15) is 24.6 Å². The summed E-state index contributed by atoms with van der Waals surface area (Å²) in [4.78, 5) is 7.09. The monoisotopic (exact) mass is 259 g/mol. The Bertz CT molecular complexity index is 578. The van der Waals surface area contributed by atoms with E-state index in [0.29, 0.717) is 5.92 Å². The molecule has 1 saturated heterocycles. The minimum absolute atomic E-state index is 0.139. The first kappa shape index (κ1) is 12.6. The fraction of sp³-hybridized carbons (Fsp3) is 0.533. The van der Waals surface area contributed by atoms with E-state index >= 15 is 0 Å². The van der Waals surface area contributed by atoms with Crippen molar-refractivity contribution in [3.63, 3.8) is 0 Å². The number of aliphatic hydroxyl groups is 1. The molecule has 2 aromatic heterocycles. The smallest absolute Gasteiger partial charge is 0.139 e. The van der Waals surface area contributed by atoms with E-state index in [1.165, 1.54) is 5.56 Å². The number of nitrogens with zero attached hydrogens (tertiary/aromatic N) is 3. The quantitative estimate of drug-likeness (QED) is 0.894. The van der Waals surface area contributed by atoms with Crippen molar-refractivity contribution in [2.75, 3.05) is 13.1 Å². The van der Waals surface area contributed by atoms with Gasteiger partial charge in [0.15, 0.2) is 0 Å². The molecule has 0 radical (unpaired) electrons. The number of pyridine rings is 1. The number of hydrogen-bond acceptors (Lipinski definition) is 3. The Labute approximate surface area is 113 Å². The molecule has 1 fully saturated rings. The van der Waals surface area contributed by atoms with Gasteiger partial charge in [-0.25, -0.2) is 4.98 Å². The van der Waals surface area contributed by atoms with Gasteiger partial charge in [-0.2, -0.15) is 0 Å². The van der Waals surface area contributed by atoms with Crippen molar-refractivity contribution < 1.29 is 5.11 Å². The summed E-state index contributed by atoms with van der Waals surface area (Å²) < 4.78 is 2.09. The molecule has 0 amide bonds. The van der Waals surface area contributed by atoms with Crippen LogP contribution in [0.3, 0.4) is 0 Å². The molecule has 1 aliphatic rings. The zero-order chi connectivity index (χ0) is 13.4. The molecule has 1 N–H and O–H groups in total. The highest BCUT2D eigenvalue weighted by molar-refractivity contribution is 5.47. The molecule has 2 aromatic rings. The number of likely N-dealkylation sites (tertiary alicyclic amines) is 1. The Morgan fingerprint density at radius 1 is 1.47 bits per heavy atom. The molecular weight excluding hydrogens is 238 g/mol. The first-order valence-corrected chi connectivity index (χ1v) is 6.97. The number of imidazole rings is 1. The van der Waals surface area contributed by atoms with E-state index < -0.39 is 0 Å². The lowest BCUT2D eigenvalue weighted by molar-refractivity contribution is 0.0316. The predicted octanol–water partition coefficient (Wildman–Crippen LogP) is 1.85. The van der Waals surface area contributed by atoms with Crippen LogP contribution >= 0.6 is 0 Å². The Hall–Kier alpha value is -1.39. The van der Waals surface area contributed by atoms with E-state index in [0.717, 1.165) is 37.4 Å². The molecule has 19 heavy (non-hydrogen) atoms. The van der Waals surface area contributed by atoms with Crippen molar-refractivity contribution in [2.24, 2.45) is 5.92 Å². The van der Waals surface area contributed by atoms with Crippen LogP contribution < -0.4 is 0 Å². The van der Waals surface area contributed by atoms with Crippen LogP contribution in [0, 0.1) is 12.8 Å². The van der Waals surface area contributed by atoms with Crippen LogP contribution in [0.4, 0.5) is 0 Å². The molecule has 2 unspecified atom stereocenters. The molecule has 0 spiro atoms. The average molecular weight is 259 g/mol. The fourth-order valence-corrected chi connectivity index (χ4v) is 2.87. The summed E-state index contributed by atoms with van der Waals surface area (Å²) in [7, 11) is 0. The van der Waals surface area contributed by atoms with Crippen LogP contribution in [-0.2, 0) is 6.54 Å². The second-order valence-corrected chi connectivity index (χ2v) is 5.72. The Balaban J connectivity index is 1.77. The fourth-order valence-electron chi connectivity index (χ4n) is 2.87. The molecule has 102 valence electrons. The lowest BCUT2D eigenvalue weighted by atomic mass is 9.97. The van der Waals surface area contributed by atoms with Crippen LogP contribution in [-0.4, -0.2) is 38.6 Å². The maximum absolute atomic E-state index is 9.77. The van der Waals surface area contributed by atoms with E-state index in [1.807, 2.05) is 12.3 Å². The zero-order valence-electron chi connectivity index (χ0n) is 11.6. The number of hydrogen-bond donors (Lipinski definition) is 1. The molecule has 3 rings (SSSR count). The van der Waals surface area contributed by atoms with Crippen LogP contribution in [0.25, 0.3) is 5.65 Å². The molecule has 1 aliphatic heterocycles. The topological polar surface area (TPSA) is 40.8 Å². The molecule has 2 atom stereocenters. The van der Waals surface area contributed by atoms with Gasteiger partial charge in [0.05, 0.1) is 11.8 Å². The second-order valence-electron chi connectivity index (χ2n) is 5.72. The molecule has 0 bridgehead atoms. The lowest BCUT2D eigenvalue weighted by Gasteiger charge is -2.33. The van der Waals surface area contributed by atoms with Gasteiger partial charge in [0.2, 0.25) is 0 Å². The van der Waals surface area contributed by atoms with Gasteiger partial charge < -0.3 is 9.51 Å². The summed E-state index contributed by atoms with van der Waals surface area (Å²) in [5.41, 5.74) is 3.36. The third-order valence-corrected chi connectivity index (χ3v) is 4.06. The second kappa shape index (κ2) is 4.94. The Kier molecular flexibility index (Phi) is 3.29. The van der Waals surface area contributed by atoms with E-state index in [-0.39, 0.29) is 6.10 Å². The average Bonchev–Trinajstić information content (AvgIpc) is 2.78. The summed E-state index contributed by atoms with van der Waals surface area (Å²) >= 11 is 0. The molecule has 0 aliphatic carbocycles. The molecule has 4 heteroatoms. The number of rotatable bonds is 2. The van der Waals surface area contributed by atoms with E-state index in [4.69, 9.17) is 4.98 Å². The van der Waals surface area contributed by atoms with E-state index in [9.17, 15) is 5.11 Å². The number of piperidine rings is 1.